The molecule has 1 amide bonds. The highest BCUT2D eigenvalue weighted by molar-refractivity contribution is 5.93. The molecule has 5 rings (SSSR count). The number of fused-ring (bicyclic) bond motifs is 3. The molecular formula is C26H27F3N4O2. The van der Waals surface area contributed by atoms with Crippen LogP contribution < -0.4 is 10.1 Å². The van der Waals surface area contributed by atoms with E-state index in [2.05, 4.69) is 15.2 Å². The number of carbonyl (C=O) groups excluding carboxylic acids is 1. The van der Waals surface area contributed by atoms with Gasteiger partial charge in [-0.3, -0.25) is 14.7 Å². The van der Waals surface area contributed by atoms with Gasteiger partial charge in [0.05, 0.1) is 11.1 Å². The number of anilines is 2. The molecule has 2 fully saturated rings. The van der Waals surface area contributed by atoms with Crippen LogP contribution in [0.15, 0.2) is 48.5 Å². The van der Waals surface area contributed by atoms with Crippen LogP contribution >= 0.6 is 0 Å². The molecule has 3 heterocycles. The van der Waals surface area contributed by atoms with Crippen molar-refractivity contribution < 1.29 is 22.7 Å². The Morgan fingerprint density at radius 1 is 1.14 bits per heavy atom. The van der Waals surface area contributed by atoms with Crippen molar-refractivity contribution in [3.63, 3.8) is 0 Å². The van der Waals surface area contributed by atoms with Gasteiger partial charge in [0, 0.05) is 67.2 Å². The normalized spacial score (nSPS) is 20.0. The summed E-state index contributed by atoms with van der Waals surface area (Å²) in [5.41, 5.74) is 1.73. The SMILES string of the molecule is CC(=O)N1CC2CC1CN2CCOc1cc(Nc2cc(C)nc3ccccc23)cc(C(F)(F)F)c1. The van der Waals surface area contributed by atoms with E-state index in [0.29, 0.717) is 24.5 Å². The molecule has 2 aliphatic rings. The van der Waals surface area contributed by atoms with Crippen LogP contribution in [0.3, 0.4) is 0 Å². The average molecular weight is 485 g/mol. The van der Waals surface area contributed by atoms with E-state index in [0.717, 1.165) is 41.7 Å². The topological polar surface area (TPSA) is 57.7 Å². The molecule has 0 radical (unpaired) electrons. The second-order valence-corrected chi connectivity index (χ2v) is 9.26. The maximum atomic E-state index is 13.6. The van der Waals surface area contributed by atoms with Crippen molar-refractivity contribution in [3.05, 3.63) is 59.8 Å². The van der Waals surface area contributed by atoms with Crippen molar-refractivity contribution >= 4 is 28.2 Å². The van der Waals surface area contributed by atoms with Crippen LogP contribution in [0.5, 0.6) is 5.75 Å². The molecule has 3 aromatic rings. The van der Waals surface area contributed by atoms with Gasteiger partial charge in [0.15, 0.2) is 0 Å². The van der Waals surface area contributed by atoms with Gasteiger partial charge in [-0.2, -0.15) is 13.2 Å². The second-order valence-electron chi connectivity index (χ2n) is 9.26. The summed E-state index contributed by atoms with van der Waals surface area (Å²) >= 11 is 0. The third-order valence-electron chi connectivity index (χ3n) is 6.76. The Bertz CT molecular complexity index is 1260. The number of benzene rings is 2. The number of alkyl halides is 3. The fraction of sp³-hybridized carbons (Fsp3) is 0.385. The highest BCUT2D eigenvalue weighted by Gasteiger charge is 2.43. The summed E-state index contributed by atoms with van der Waals surface area (Å²) in [6.45, 7) is 5.78. The Morgan fingerprint density at radius 2 is 1.94 bits per heavy atom. The number of ether oxygens (including phenoxy) is 1. The summed E-state index contributed by atoms with van der Waals surface area (Å²) in [7, 11) is 0. The molecule has 1 aromatic heterocycles. The summed E-state index contributed by atoms with van der Waals surface area (Å²) in [4.78, 5) is 20.3. The number of aromatic nitrogens is 1. The van der Waals surface area contributed by atoms with E-state index in [-0.39, 0.29) is 30.3 Å². The first kappa shape index (κ1) is 23.4. The molecule has 6 nitrogen and oxygen atoms in total. The molecule has 35 heavy (non-hydrogen) atoms. The minimum absolute atomic E-state index is 0.0922. The van der Waals surface area contributed by atoms with Gasteiger partial charge in [0.2, 0.25) is 5.91 Å². The summed E-state index contributed by atoms with van der Waals surface area (Å²) < 4.78 is 46.7. The molecule has 1 N–H and O–H groups in total. The zero-order valence-corrected chi connectivity index (χ0v) is 19.6. The predicted octanol–water partition coefficient (Wildman–Crippen LogP) is 4.99. The maximum absolute atomic E-state index is 13.6. The molecule has 0 saturated carbocycles. The number of aryl methyl sites for hydroxylation is 1. The Balaban J connectivity index is 1.32. The fourth-order valence-corrected chi connectivity index (χ4v) is 5.17. The number of nitrogens with one attached hydrogen (secondary N) is 1. The number of piperazine rings is 1. The molecule has 184 valence electrons. The average Bonchev–Trinajstić information content (AvgIpc) is 3.39. The number of para-hydroxylation sites is 1. The third kappa shape index (κ3) is 4.91. The van der Waals surface area contributed by atoms with Crippen molar-refractivity contribution in [2.75, 3.05) is 31.6 Å². The van der Waals surface area contributed by atoms with E-state index in [9.17, 15) is 18.0 Å². The Morgan fingerprint density at radius 3 is 2.66 bits per heavy atom. The minimum atomic E-state index is -4.50. The number of halogens is 3. The van der Waals surface area contributed by atoms with Gasteiger partial charge in [-0.25, -0.2) is 0 Å². The lowest BCUT2D eigenvalue weighted by atomic mass is 10.1. The lowest BCUT2D eigenvalue weighted by molar-refractivity contribution is -0.137. The number of pyridine rings is 1. The smallest absolute Gasteiger partial charge is 0.416 e. The molecule has 2 bridgehead atoms. The molecule has 0 aliphatic carbocycles. The first-order valence-corrected chi connectivity index (χ1v) is 11.7. The van der Waals surface area contributed by atoms with Crippen LogP contribution in [0.25, 0.3) is 10.9 Å². The van der Waals surface area contributed by atoms with Crippen LogP contribution in [-0.4, -0.2) is 59.0 Å². The van der Waals surface area contributed by atoms with Crippen LogP contribution in [0.2, 0.25) is 0 Å². The van der Waals surface area contributed by atoms with Crippen LogP contribution in [0.1, 0.15) is 24.6 Å². The first-order valence-electron chi connectivity index (χ1n) is 11.7. The first-order chi connectivity index (χ1) is 16.7. The van der Waals surface area contributed by atoms with Gasteiger partial charge in [-0.05, 0) is 37.6 Å². The molecule has 2 aliphatic heterocycles. The van der Waals surface area contributed by atoms with E-state index in [1.54, 1.807) is 13.0 Å². The fourth-order valence-electron chi connectivity index (χ4n) is 5.17. The predicted molar refractivity (Wildman–Crippen MR) is 128 cm³/mol. The Hall–Kier alpha value is -3.33. The van der Waals surface area contributed by atoms with Crippen molar-refractivity contribution in [2.45, 2.75) is 38.5 Å². The van der Waals surface area contributed by atoms with Gasteiger partial charge >= 0.3 is 6.18 Å². The van der Waals surface area contributed by atoms with Crippen LogP contribution in [0, 0.1) is 6.92 Å². The summed E-state index contributed by atoms with van der Waals surface area (Å²) in [5.74, 6) is 0.252. The summed E-state index contributed by atoms with van der Waals surface area (Å²) in [6, 6.07) is 13.5. The zero-order chi connectivity index (χ0) is 24.7. The number of rotatable bonds is 6. The van der Waals surface area contributed by atoms with Crippen LogP contribution in [-0.2, 0) is 11.0 Å². The van der Waals surface area contributed by atoms with Gasteiger partial charge < -0.3 is 15.0 Å². The summed E-state index contributed by atoms with van der Waals surface area (Å²) in [6.07, 6.45) is -3.56. The Labute approximate surface area is 201 Å². The number of likely N-dealkylation sites (tertiary alicyclic amines) is 2. The van der Waals surface area contributed by atoms with Gasteiger partial charge in [-0.1, -0.05) is 18.2 Å². The molecule has 9 heteroatoms. The van der Waals surface area contributed by atoms with Crippen LogP contribution in [0.4, 0.5) is 24.5 Å². The molecule has 2 atom stereocenters. The third-order valence-corrected chi connectivity index (χ3v) is 6.76. The standard InChI is InChI=1S/C26H27F3N4O2/c1-16-9-25(23-5-3-4-6-24(23)30-16)31-19-10-18(26(27,28)29)11-22(12-19)35-8-7-32-14-21-13-20(32)15-33(21)17(2)34/h3-6,9-12,20-21H,7-8,13-15H2,1-2H3,(H,30,31). The Kier molecular flexibility index (Phi) is 6.04. The number of nitrogens with zero attached hydrogens (tertiary/aromatic N) is 3. The molecular weight excluding hydrogens is 457 g/mol. The van der Waals surface area contributed by atoms with Crippen molar-refractivity contribution in [2.24, 2.45) is 0 Å². The number of hydrogen-bond donors (Lipinski definition) is 1. The number of amides is 1. The van der Waals surface area contributed by atoms with Crippen molar-refractivity contribution in [3.8, 4) is 5.75 Å². The quantitative estimate of drug-likeness (QED) is 0.534. The zero-order valence-electron chi connectivity index (χ0n) is 19.6. The largest absolute Gasteiger partial charge is 0.492 e. The van der Waals surface area contributed by atoms with Crippen molar-refractivity contribution in [1.29, 1.82) is 0 Å². The number of carbonyl (C=O) groups is 1. The number of hydrogen-bond acceptors (Lipinski definition) is 5. The maximum Gasteiger partial charge on any atom is 0.416 e. The van der Waals surface area contributed by atoms with Crippen molar-refractivity contribution in [1.82, 2.24) is 14.8 Å². The molecule has 2 unspecified atom stereocenters. The van der Waals surface area contributed by atoms with Gasteiger partial charge in [0.25, 0.3) is 0 Å². The van der Waals surface area contributed by atoms with E-state index >= 15 is 0 Å². The molecule has 2 aromatic carbocycles. The van der Waals surface area contributed by atoms with E-state index in [4.69, 9.17) is 4.74 Å². The molecule has 2 saturated heterocycles. The lowest BCUT2D eigenvalue weighted by Crippen LogP contribution is -2.48. The van der Waals surface area contributed by atoms with E-state index in [1.165, 1.54) is 0 Å². The highest BCUT2D eigenvalue weighted by Crippen LogP contribution is 2.36. The van der Waals surface area contributed by atoms with Gasteiger partial charge in [-0.15, -0.1) is 0 Å². The highest BCUT2D eigenvalue weighted by atomic mass is 19.4. The van der Waals surface area contributed by atoms with E-state index in [1.807, 2.05) is 42.2 Å². The summed E-state index contributed by atoms with van der Waals surface area (Å²) in [5, 5.41) is 3.96. The minimum Gasteiger partial charge on any atom is -0.492 e. The lowest BCUT2D eigenvalue weighted by Gasteiger charge is -2.33. The monoisotopic (exact) mass is 484 g/mol. The molecule has 0 spiro atoms. The van der Waals surface area contributed by atoms with Gasteiger partial charge in [0.1, 0.15) is 12.4 Å². The van der Waals surface area contributed by atoms with E-state index < -0.39 is 11.7 Å². The second kappa shape index (κ2) is 9.03.